The van der Waals surface area contributed by atoms with Crippen LogP contribution in [0.3, 0.4) is 0 Å². The molecule has 0 aliphatic rings. The van der Waals surface area contributed by atoms with Gasteiger partial charge < -0.3 is 9.55 Å². The second-order valence-electron chi connectivity index (χ2n) is 4.14. The summed E-state index contributed by atoms with van der Waals surface area (Å²) in [6, 6.07) is 3.79. The van der Waals surface area contributed by atoms with Crippen LogP contribution in [0.15, 0.2) is 35.5 Å². The molecule has 0 bridgehead atoms. The van der Waals surface area contributed by atoms with E-state index < -0.39 is 0 Å². The molecule has 5 heteroatoms. The van der Waals surface area contributed by atoms with Crippen LogP contribution >= 0.6 is 0 Å². The number of rotatable bonds is 1. The molecule has 0 saturated carbocycles. The number of hydrogen-bond acceptors (Lipinski definition) is 2. The smallest absolute Gasteiger partial charge is 0.257 e. The fraction of sp³-hybridized carbons (Fsp3) is 0.167. The number of aryl methyl sites for hydroxylation is 2. The van der Waals surface area contributed by atoms with Crippen LogP contribution in [0.5, 0.6) is 0 Å². The lowest BCUT2D eigenvalue weighted by Gasteiger charge is -2.00. The van der Waals surface area contributed by atoms with Crippen molar-refractivity contribution < 1.29 is 0 Å². The van der Waals surface area contributed by atoms with Crippen LogP contribution in [0.1, 0.15) is 0 Å². The van der Waals surface area contributed by atoms with E-state index in [-0.39, 0.29) is 5.56 Å². The van der Waals surface area contributed by atoms with Gasteiger partial charge in [-0.15, -0.1) is 0 Å². The van der Waals surface area contributed by atoms with Gasteiger partial charge in [-0.05, 0) is 12.1 Å². The summed E-state index contributed by atoms with van der Waals surface area (Å²) in [4.78, 5) is 14.8. The summed E-state index contributed by atoms with van der Waals surface area (Å²) < 4.78 is 3.65. The number of hydrogen-bond donors (Lipinski definition) is 1. The predicted molar refractivity (Wildman–Crippen MR) is 65.7 cm³/mol. The van der Waals surface area contributed by atoms with Crippen molar-refractivity contribution in [2.45, 2.75) is 0 Å². The van der Waals surface area contributed by atoms with Crippen molar-refractivity contribution in [2.75, 3.05) is 0 Å². The minimum atomic E-state index is -0.0676. The topological polar surface area (TPSA) is 55.6 Å². The van der Waals surface area contributed by atoms with Crippen LogP contribution in [-0.4, -0.2) is 19.3 Å². The Labute approximate surface area is 97.3 Å². The summed E-state index contributed by atoms with van der Waals surface area (Å²) >= 11 is 0. The Kier molecular flexibility index (Phi) is 1.95. The van der Waals surface area contributed by atoms with Gasteiger partial charge in [-0.1, -0.05) is 0 Å². The van der Waals surface area contributed by atoms with Crippen LogP contribution in [0.4, 0.5) is 0 Å². The van der Waals surface area contributed by atoms with Gasteiger partial charge in [-0.25, -0.2) is 0 Å². The molecule has 86 valence electrons. The van der Waals surface area contributed by atoms with Crippen molar-refractivity contribution in [1.82, 2.24) is 19.3 Å². The third-order valence-electron chi connectivity index (χ3n) is 2.91. The number of H-pyrrole nitrogens is 1. The van der Waals surface area contributed by atoms with Crippen molar-refractivity contribution in [1.29, 1.82) is 0 Å². The third kappa shape index (κ3) is 1.47. The summed E-state index contributed by atoms with van der Waals surface area (Å²) in [5.41, 5.74) is 2.56. The fourth-order valence-electron chi connectivity index (χ4n) is 1.99. The van der Waals surface area contributed by atoms with E-state index in [1.54, 1.807) is 10.9 Å². The zero-order chi connectivity index (χ0) is 12.0. The SMILES string of the molecule is Cn1cc(-c2cc3c(ccn3C)c(=O)[nH]2)cn1. The molecule has 0 spiro atoms. The van der Waals surface area contributed by atoms with E-state index in [0.29, 0.717) is 5.39 Å². The van der Waals surface area contributed by atoms with Gasteiger partial charge >= 0.3 is 0 Å². The summed E-state index contributed by atoms with van der Waals surface area (Å²) in [7, 11) is 3.78. The van der Waals surface area contributed by atoms with Gasteiger partial charge in [-0.3, -0.25) is 9.48 Å². The lowest BCUT2D eigenvalue weighted by atomic mass is 10.2. The van der Waals surface area contributed by atoms with Crippen molar-refractivity contribution >= 4 is 10.9 Å². The Morgan fingerprint density at radius 3 is 2.88 bits per heavy atom. The molecule has 0 aliphatic carbocycles. The second-order valence-corrected chi connectivity index (χ2v) is 4.14. The lowest BCUT2D eigenvalue weighted by Crippen LogP contribution is -2.06. The highest BCUT2D eigenvalue weighted by atomic mass is 16.1. The second kappa shape index (κ2) is 3.35. The van der Waals surface area contributed by atoms with Crippen LogP contribution in [0, 0.1) is 0 Å². The molecule has 0 aromatic carbocycles. The molecule has 3 aromatic heterocycles. The van der Waals surface area contributed by atoms with Gasteiger partial charge in [0.15, 0.2) is 0 Å². The van der Waals surface area contributed by atoms with E-state index in [2.05, 4.69) is 10.1 Å². The molecule has 0 saturated heterocycles. The van der Waals surface area contributed by atoms with E-state index in [4.69, 9.17) is 0 Å². The molecule has 3 rings (SSSR count). The first-order valence-corrected chi connectivity index (χ1v) is 5.32. The van der Waals surface area contributed by atoms with E-state index in [1.807, 2.05) is 43.2 Å². The van der Waals surface area contributed by atoms with Crippen LogP contribution < -0.4 is 5.56 Å². The van der Waals surface area contributed by atoms with Crippen molar-refractivity contribution in [3.8, 4) is 11.3 Å². The summed E-state index contributed by atoms with van der Waals surface area (Å²) in [5, 5.41) is 4.81. The molecule has 1 N–H and O–H groups in total. The number of aromatic amines is 1. The van der Waals surface area contributed by atoms with Gasteiger partial charge in [0.2, 0.25) is 0 Å². The lowest BCUT2D eigenvalue weighted by molar-refractivity contribution is 0.768. The van der Waals surface area contributed by atoms with Gasteiger partial charge in [0, 0.05) is 32.1 Å². The molecule has 0 radical (unpaired) electrons. The molecular formula is C12H12N4O. The van der Waals surface area contributed by atoms with E-state index in [1.165, 1.54) is 0 Å². The Morgan fingerprint density at radius 2 is 2.18 bits per heavy atom. The van der Waals surface area contributed by atoms with Crippen LogP contribution in [-0.2, 0) is 14.1 Å². The zero-order valence-electron chi connectivity index (χ0n) is 9.64. The maximum Gasteiger partial charge on any atom is 0.257 e. The largest absolute Gasteiger partial charge is 0.350 e. The van der Waals surface area contributed by atoms with Crippen LogP contribution in [0.2, 0.25) is 0 Å². The number of fused-ring (bicyclic) bond motifs is 1. The molecule has 5 nitrogen and oxygen atoms in total. The van der Waals surface area contributed by atoms with Crippen molar-refractivity contribution in [3.05, 3.63) is 41.1 Å². The summed E-state index contributed by atoms with van der Waals surface area (Å²) in [6.07, 6.45) is 5.49. The van der Waals surface area contributed by atoms with E-state index in [0.717, 1.165) is 16.8 Å². The Morgan fingerprint density at radius 1 is 1.35 bits per heavy atom. The maximum atomic E-state index is 11.9. The molecule has 3 aromatic rings. The standard InChI is InChI=1S/C12H12N4O/c1-15-4-3-9-11(15)5-10(14-12(9)17)8-6-13-16(2)7-8/h3-7H,1-2H3,(H,14,17). The molecule has 0 unspecified atom stereocenters. The molecular weight excluding hydrogens is 216 g/mol. The molecule has 0 amide bonds. The first kappa shape index (κ1) is 9.89. The van der Waals surface area contributed by atoms with Gasteiger partial charge in [0.25, 0.3) is 5.56 Å². The first-order chi connectivity index (χ1) is 8.15. The highest BCUT2D eigenvalue weighted by Gasteiger charge is 2.07. The molecule has 0 atom stereocenters. The highest BCUT2D eigenvalue weighted by Crippen LogP contribution is 2.19. The summed E-state index contributed by atoms with van der Waals surface area (Å²) in [6.45, 7) is 0. The number of pyridine rings is 1. The molecule has 3 heterocycles. The van der Waals surface area contributed by atoms with Gasteiger partial charge in [0.1, 0.15) is 0 Å². The Bertz CT molecular complexity index is 747. The quantitative estimate of drug-likeness (QED) is 0.681. The van der Waals surface area contributed by atoms with Gasteiger partial charge in [-0.2, -0.15) is 5.10 Å². The molecule has 0 fully saturated rings. The molecule has 17 heavy (non-hydrogen) atoms. The van der Waals surface area contributed by atoms with Gasteiger partial charge in [0.05, 0.1) is 22.8 Å². The highest BCUT2D eigenvalue weighted by molar-refractivity contribution is 5.82. The average molecular weight is 228 g/mol. The van der Waals surface area contributed by atoms with Crippen LogP contribution in [0.25, 0.3) is 22.2 Å². The fourth-order valence-corrected chi connectivity index (χ4v) is 1.99. The third-order valence-corrected chi connectivity index (χ3v) is 2.91. The van der Waals surface area contributed by atoms with Crippen molar-refractivity contribution in [2.24, 2.45) is 14.1 Å². The van der Waals surface area contributed by atoms with Crippen molar-refractivity contribution in [3.63, 3.8) is 0 Å². The Balaban J connectivity index is 2.31. The Hall–Kier alpha value is -2.30. The predicted octanol–water partition coefficient (Wildman–Crippen LogP) is 1.27. The zero-order valence-corrected chi connectivity index (χ0v) is 9.64. The number of nitrogens with zero attached hydrogens (tertiary/aromatic N) is 3. The minimum absolute atomic E-state index is 0.0676. The monoisotopic (exact) mass is 228 g/mol. The average Bonchev–Trinajstić information content (AvgIpc) is 2.87. The maximum absolute atomic E-state index is 11.9. The van der Waals surface area contributed by atoms with E-state index in [9.17, 15) is 4.79 Å². The molecule has 0 aliphatic heterocycles. The number of aromatic nitrogens is 4. The summed E-state index contributed by atoms with van der Waals surface area (Å²) in [5.74, 6) is 0. The minimum Gasteiger partial charge on any atom is -0.350 e. The number of nitrogens with one attached hydrogen (secondary N) is 1. The normalized spacial score (nSPS) is 11.2. The van der Waals surface area contributed by atoms with E-state index >= 15 is 0 Å². The first-order valence-electron chi connectivity index (χ1n) is 5.32.